The van der Waals surface area contributed by atoms with Crippen LogP contribution in [-0.2, 0) is 29.9 Å². The molecule has 1 aromatic carbocycles. The van der Waals surface area contributed by atoms with Crippen LogP contribution in [0.4, 0.5) is 4.79 Å². The number of ether oxygens (including phenoxy) is 2. The van der Waals surface area contributed by atoms with E-state index in [1.165, 1.54) is 11.0 Å². The fourth-order valence-electron chi connectivity index (χ4n) is 5.68. The number of esters is 1. The molecule has 4 rings (SSSR count). The van der Waals surface area contributed by atoms with Crippen molar-refractivity contribution in [1.29, 1.82) is 0 Å². The fraction of sp³-hybridized carbons (Fsp3) is 0.576. The Hall–Kier alpha value is -4.07. The monoisotopic (exact) mass is 671 g/mol. The molecule has 47 heavy (non-hydrogen) atoms. The van der Waals surface area contributed by atoms with Crippen LogP contribution in [0, 0.1) is 0 Å². The van der Waals surface area contributed by atoms with E-state index in [0.717, 1.165) is 25.7 Å². The third-order valence-corrected chi connectivity index (χ3v) is 10.6. The minimum Gasteiger partial charge on any atom is -0.462 e. The zero-order valence-corrected chi connectivity index (χ0v) is 28.2. The van der Waals surface area contributed by atoms with Crippen molar-refractivity contribution in [3.8, 4) is 11.4 Å². The van der Waals surface area contributed by atoms with Gasteiger partial charge in [0.1, 0.15) is 11.7 Å². The third kappa shape index (κ3) is 9.49. The summed E-state index contributed by atoms with van der Waals surface area (Å²) < 4.78 is 37.0. The van der Waals surface area contributed by atoms with Crippen molar-refractivity contribution >= 4 is 33.7 Å². The van der Waals surface area contributed by atoms with Crippen LogP contribution in [0.3, 0.4) is 0 Å². The number of hydrogen-bond donors (Lipinski definition) is 1. The average Bonchev–Trinajstić information content (AvgIpc) is 3.63. The number of benzene rings is 1. The molecule has 1 saturated heterocycles. The predicted molar refractivity (Wildman–Crippen MR) is 174 cm³/mol. The van der Waals surface area contributed by atoms with Gasteiger partial charge in [-0.2, -0.15) is 0 Å². The van der Waals surface area contributed by atoms with Crippen LogP contribution in [0.25, 0.3) is 11.4 Å². The largest absolute Gasteiger partial charge is 0.462 e. The van der Waals surface area contributed by atoms with E-state index < -0.39 is 39.1 Å². The Morgan fingerprint density at radius 2 is 1.66 bits per heavy atom. The molecule has 256 valence electrons. The fourth-order valence-corrected chi connectivity index (χ4v) is 7.53. The van der Waals surface area contributed by atoms with Crippen LogP contribution in [0.5, 0.6) is 0 Å². The summed E-state index contributed by atoms with van der Waals surface area (Å²) in [5.41, 5.74) is 0.738. The second kappa shape index (κ2) is 16.7. The highest BCUT2D eigenvalue weighted by Gasteiger charge is 2.32. The van der Waals surface area contributed by atoms with Gasteiger partial charge in [-0.3, -0.25) is 9.59 Å². The number of hydrogen-bond acceptors (Lipinski definition) is 10. The Morgan fingerprint density at radius 3 is 2.32 bits per heavy atom. The topological polar surface area (TPSA) is 165 Å². The quantitative estimate of drug-likeness (QED) is 0.245. The maximum absolute atomic E-state index is 13.6. The van der Waals surface area contributed by atoms with Crippen molar-refractivity contribution in [3.05, 3.63) is 47.3 Å². The zero-order valence-electron chi connectivity index (χ0n) is 27.4. The lowest BCUT2D eigenvalue weighted by Crippen LogP contribution is -2.55. The lowest BCUT2D eigenvalue weighted by atomic mass is 10.1. The van der Waals surface area contributed by atoms with E-state index in [-0.39, 0.29) is 47.6 Å². The molecule has 1 aromatic heterocycles. The zero-order chi connectivity index (χ0) is 34.0. The number of sulfone groups is 1. The highest BCUT2D eigenvalue weighted by atomic mass is 32.2. The smallest absolute Gasteiger partial charge is 0.409 e. The molecule has 1 saturated carbocycles. The molecule has 1 N–H and O–H groups in total. The van der Waals surface area contributed by atoms with Crippen molar-refractivity contribution in [2.45, 2.75) is 82.8 Å². The molecule has 3 amide bonds. The SMILES string of the molecule is CCCCOC(=O)c1cccc(-c2nc(CS(=O)(=O)C3CCCC3)cc(C(=O)NC(CC)C(=O)N3CCN(C(=O)OCC)CC3)n2)c1. The van der Waals surface area contributed by atoms with Crippen LogP contribution >= 0.6 is 0 Å². The van der Waals surface area contributed by atoms with Crippen molar-refractivity contribution in [1.82, 2.24) is 25.1 Å². The Balaban J connectivity index is 1.57. The van der Waals surface area contributed by atoms with E-state index in [4.69, 9.17) is 9.47 Å². The van der Waals surface area contributed by atoms with E-state index in [2.05, 4.69) is 15.3 Å². The minimum atomic E-state index is -3.55. The summed E-state index contributed by atoms with van der Waals surface area (Å²) in [6.07, 6.45) is 4.34. The number of rotatable bonds is 13. The van der Waals surface area contributed by atoms with Gasteiger partial charge in [0, 0.05) is 31.7 Å². The first-order valence-electron chi connectivity index (χ1n) is 16.4. The second-order valence-electron chi connectivity index (χ2n) is 11.8. The van der Waals surface area contributed by atoms with Gasteiger partial charge in [-0.15, -0.1) is 0 Å². The molecule has 2 aliphatic rings. The highest BCUT2D eigenvalue weighted by molar-refractivity contribution is 7.91. The predicted octanol–water partition coefficient (Wildman–Crippen LogP) is 3.77. The summed E-state index contributed by atoms with van der Waals surface area (Å²) in [7, 11) is -3.55. The lowest BCUT2D eigenvalue weighted by molar-refractivity contribution is -0.134. The van der Waals surface area contributed by atoms with Gasteiger partial charge in [0.05, 0.1) is 35.5 Å². The van der Waals surface area contributed by atoms with Gasteiger partial charge >= 0.3 is 12.1 Å². The summed E-state index contributed by atoms with van der Waals surface area (Å²) in [6, 6.07) is 6.94. The number of nitrogens with one attached hydrogen (secondary N) is 1. The summed E-state index contributed by atoms with van der Waals surface area (Å²) in [5, 5.41) is 2.30. The summed E-state index contributed by atoms with van der Waals surface area (Å²) in [6.45, 7) is 7.26. The molecule has 1 aliphatic heterocycles. The molecule has 2 aromatic rings. The lowest BCUT2D eigenvalue weighted by Gasteiger charge is -2.35. The molecule has 2 heterocycles. The Kier molecular flexibility index (Phi) is 12.7. The molecule has 1 aliphatic carbocycles. The van der Waals surface area contributed by atoms with Crippen molar-refractivity contribution in [2.24, 2.45) is 0 Å². The van der Waals surface area contributed by atoms with Gasteiger partial charge in [-0.05, 0) is 50.8 Å². The Morgan fingerprint density at radius 1 is 0.957 bits per heavy atom. The van der Waals surface area contributed by atoms with E-state index in [9.17, 15) is 27.6 Å². The number of carbonyl (C=O) groups is 4. The van der Waals surface area contributed by atoms with Crippen LogP contribution in [0.1, 0.15) is 92.3 Å². The summed E-state index contributed by atoms with van der Waals surface area (Å²) in [5.74, 6) is -1.75. The molecule has 14 heteroatoms. The minimum absolute atomic E-state index is 0.0759. The number of carbonyl (C=O) groups excluding carboxylic acids is 4. The maximum Gasteiger partial charge on any atom is 0.409 e. The van der Waals surface area contributed by atoms with Gasteiger partial charge in [0.25, 0.3) is 5.91 Å². The molecule has 0 spiro atoms. The number of amides is 3. The molecule has 0 radical (unpaired) electrons. The molecular formula is C33H45N5O8S. The van der Waals surface area contributed by atoms with Crippen molar-refractivity contribution in [3.63, 3.8) is 0 Å². The molecule has 1 atom stereocenters. The molecule has 0 bridgehead atoms. The number of aromatic nitrogens is 2. The van der Waals surface area contributed by atoms with Gasteiger partial charge < -0.3 is 24.6 Å². The first kappa shape index (κ1) is 35.8. The number of nitrogens with zero attached hydrogens (tertiary/aromatic N) is 4. The standard InChI is InChI=1S/C33H45N5O8S/c1-4-7-19-46-32(41)24-12-10-11-23(20-24)29-34-25(22-47(43,44)26-13-8-9-14-26)21-28(35-29)30(39)36-27(5-2)31(40)37-15-17-38(18-16-37)33(42)45-6-3/h10-12,20-21,26-27H,4-9,13-19,22H2,1-3H3,(H,36,39). The molecule has 13 nitrogen and oxygen atoms in total. The molecule has 1 unspecified atom stereocenters. The third-order valence-electron chi connectivity index (χ3n) is 8.39. The Bertz CT molecular complexity index is 1540. The first-order valence-corrected chi connectivity index (χ1v) is 18.2. The molecular weight excluding hydrogens is 626 g/mol. The first-order chi connectivity index (χ1) is 22.6. The van der Waals surface area contributed by atoms with Gasteiger partial charge in [0.2, 0.25) is 5.91 Å². The Labute approximate surface area is 276 Å². The van der Waals surface area contributed by atoms with Crippen LogP contribution < -0.4 is 5.32 Å². The van der Waals surface area contributed by atoms with E-state index in [1.54, 1.807) is 43.0 Å². The maximum atomic E-state index is 13.6. The van der Waals surface area contributed by atoms with Crippen LogP contribution in [0.15, 0.2) is 30.3 Å². The highest BCUT2D eigenvalue weighted by Crippen LogP contribution is 2.28. The van der Waals surface area contributed by atoms with E-state index >= 15 is 0 Å². The average molecular weight is 672 g/mol. The second-order valence-corrected chi connectivity index (χ2v) is 14.1. The normalized spacial score (nSPS) is 16.1. The van der Waals surface area contributed by atoms with Crippen LogP contribution in [-0.4, -0.2) is 103 Å². The summed E-state index contributed by atoms with van der Waals surface area (Å²) >= 11 is 0. The van der Waals surface area contributed by atoms with Crippen molar-refractivity contribution < 1.29 is 37.1 Å². The van der Waals surface area contributed by atoms with Crippen molar-refractivity contribution in [2.75, 3.05) is 39.4 Å². The van der Waals surface area contributed by atoms with Gasteiger partial charge in [-0.1, -0.05) is 45.2 Å². The number of unbranched alkanes of at least 4 members (excludes halogenated alkanes) is 1. The molecule has 2 fully saturated rings. The van der Waals surface area contributed by atoms with E-state index in [0.29, 0.717) is 51.0 Å². The van der Waals surface area contributed by atoms with Crippen LogP contribution in [0.2, 0.25) is 0 Å². The van der Waals surface area contributed by atoms with Gasteiger partial charge in [0.15, 0.2) is 15.7 Å². The number of piperazine rings is 1. The summed E-state index contributed by atoms with van der Waals surface area (Å²) in [4.78, 5) is 63.9. The van der Waals surface area contributed by atoms with Gasteiger partial charge in [-0.25, -0.2) is 28.0 Å². The van der Waals surface area contributed by atoms with E-state index in [1.807, 2.05) is 6.92 Å².